The molecule has 0 saturated carbocycles. The Morgan fingerprint density at radius 2 is 1.87 bits per heavy atom. The number of piperazine rings is 1. The number of guanidine groups is 1. The third-order valence-electron chi connectivity index (χ3n) is 5.41. The summed E-state index contributed by atoms with van der Waals surface area (Å²) in [7, 11) is 1.86. The van der Waals surface area contributed by atoms with E-state index < -0.39 is 0 Å². The van der Waals surface area contributed by atoms with Crippen molar-refractivity contribution in [2.24, 2.45) is 4.99 Å². The van der Waals surface area contributed by atoms with Crippen molar-refractivity contribution in [3.8, 4) is 5.75 Å². The predicted molar refractivity (Wildman–Crippen MR) is 138 cm³/mol. The zero-order valence-corrected chi connectivity index (χ0v) is 21.6. The lowest BCUT2D eigenvalue weighted by Gasteiger charge is -2.36. The van der Waals surface area contributed by atoms with Gasteiger partial charge in [-0.25, -0.2) is 4.98 Å². The number of imidazole rings is 1. The van der Waals surface area contributed by atoms with Gasteiger partial charge in [0.25, 0.3) is 0 Å². The van der Waals surface area contributed by atoms with Gasteiger partial charge in [0.05, 0.1) is 0 Å². The minimum atomic E-state index is 0. The molecule has 3 rings (SSSR count). The number of hydrogen-bond donors (Lipinski definition) is 1. The van der Waals surface area contributed by atoms with E-state index in [1.54, 1.807) is 0 Å². The molecule has 31 heavy (non-hydrogen) atoms. The second-order valence-electron chi connectivity index (χ2n) is 7.48. The summed E-state index contributed by atoms with van der Waals surface area (Å²) < 4.78 is 8.01. The molecule has 1 aliphatic heterocycles. The molecule has 0 spiro atoms. The van der Waals surface area contributed by atoms with E-state index >= 15 is 0 Å². The largest absolute Gasteiger partial charge is 0.492 e. The molecule has 1 aromatic carbocycles. The molecule has 2 heterocycles. The monoisotopic (exact) mass is 560 g/mol. The van der Waals surface area contributed by atoms with E-state index in [1.807, 2.05) is 50.6 Å². The van der Waals surface area contributed by atoms with Crippen LogP contribution in [0.3, 0.4) is 0 Å². The highest BCUT2D eigenvalue weighted by atomic mass is 127. The minimum absolute atomic E-state index is 0. The van der Waals surface area contributed by atoms with Gasteiger partial charge in [0, 0.05) is 70.3 Å². The molecule has 7 nitrogen and oxygen atoms in total. The molecular formula is C22H34ClIN6O. The lowest BCUT2D eigenvalue weighted by atomic mass is 10.3. The molecule has 0 bridgehead atoms. The fourth-order valence-electron chi connectivity index (χ4n) is 3.59. The number of aromatic nitrogens is 2. The maximum atomic E-state index is 5.91. The number of rotatable bonds is 9. The SMILES string of the molecule is CN=C(NCCCCn1ccnc1C)N1CCN(CCOc2ccc(Cl)cc2)CC1.I. The van der Waals surface area contributed by atoms with Gasteiger partial charge in [-0.05, 0) is 44.0 Å². The summed E-state index contributed by atoms with van der Waals surface area (Å²) >= 11 is 5.91. The summed E-state index contributed by atoms with van der Waals surface area (Å²) in [5.74, 6) is 2.95. The molecule has 0 atom stereocenters. The Kier molecular flexibility index (Phi) is 11.5. The third kappa shape index (κ3) is 8.50. The van der Waals surface area contributed by atoms with Crippen LogP contribution in [0.2, 0.25) is 5.02 Å². The predicted octanol–water partition coefficient (Wildman–Crippen LogP) is 3.52. The molecule has 0 radical (unpaired) electrons. The Hall–Kier alpha value is -1.52. The second kappa shape index (κ2) is 13.8. The Labute approximate surface area is 207 Å². The van der Waals surface area contributed by atoms with Crippen molar-refractivity contribution in [3.05, 3.63) is 47.5 Å². The highest BCUT2D eigenvalue weighted by Gasteiger charge is 2.19. The normalized spacial score (nSPS) is 14.9. The molecule has 1 fully saturated rings. The van der Waals surface area contributed by atoms with E-state index in [1.165, 1.54) is 0 Å². The number of ether oxygens (including phenoxy) is 1. The van der Waals surface area contributed by atoms with Crippen molar-refractivity contribution >= 4 is 41.5 Å². The Bertz CT molecular complexity index is 790. The van der Waals surface area contributed by atoms with Crippen LogP contribution >= 0.6 is 35.6 Å². The molecule has 0 aliphatic carbocycles. The lowest BCUT2D eigenvalue weighted by Crippen LogP contribution is -2.53. The number of unbranched alkanes of at least 4 members (excludes halogenated alkanes) is 1. The average molecular weight is 561 g/mol. The first-order chi connectivity index (χ1) is 14.7. The first kappa shape index (κ1) is 25.7. The zero-order valence-electron chi connectivity index (χ0n) is 18.5. The number of benzene rings is 1. The maximum Gasteiger partial charge on any atom is 0.193 e. The highest BCUT2D eigenvalue weighted by molar-refractivity contribution is 14.0. The molecule has 9 heteroatoms. The Morgan fingerprint density at radius 3 is 2.52 bits per heavy atom. The summed E-state index contributed by atoms with van der Waals surface area (Å²) in [5.41, 5.74) is 0. The molecule has 2 aromatic rings. The van der Waals surface area contributed by atoms with Gasteiger partial charge in [0.1, 0.15) is 18.2 Å². The summed E-state index contributed by atoms with van der Waals surface area (Å²) in [6, 6.07) is 7.53. The van der Waals surface area contributed by atoms with Gasteiger partial charge in [0.15, 0.2) is 5.96 Å². The summed E-state index contributed by atoms with van der Waals surface area (Å²) in [4.78, 5) is 13.5. The fraction of sp³-hybridized carbons (Fsp3) is 0.545. The summed E-state index contributed by atoms with van der Waals surface area (Å²) in [6.45, 7) is 9.61. The molecule has 0 amide bonds. The van der Waals surface area contributed by atoms with Gasteiger partial charge in [-0.3, -0.25) is 9.89 Å². The molecule has 1 N–H and O–H groups in total. The number of hydrogen-bond acceptors (Lipinski definition) is 4. The van der Waals surface area contributed by atoms with Crippen LogP contribution in [0.15, 0.2) is 41.7 Å². The Morgan fingerprint density at radius 1 is 1.13 bits per heavy atom. The molecule has 172 valence electrons. The minimum Gasteiger partial charge on any atom is -0.492 e. The Balaban J connectivity index is 0.00000341. The van der Waals surface area contributed by atoms with Gasteiger partial charge in [-0.1, -0.05) is 11.6 Å². The van der Waals surface area contributed by atoms with Crippen LogP contribution in [0.25, 0.3) is 0 Å². The molecular weight excluding hydrogens is 527 g/mol. The van der Waals surface area contributed by atoms with Gasteiger partial charge < -0.3 is 19.5 Å². The second-order valence-corrected chi connectivity index (χ2v) is 7.92. The van der Waals surface area contributed by atoms with Crippen LogP contribution in [0.5, 0.6) is 5.75 Å². The molecule has 1 saturated heterocycles. The fourth-order valence-corrected chi connectivity index (χ4v) is 3.71. The summed E-state index contributed by atoms with van der Waals surface area (Å²) in [6.07, 6.45) is 6.14. The van der Waals surface area contributed by atoms with Crippen LogP contribution in [0, 0.1) is 6.92 Å². The van der Waals surface area contributed by atoms with E-state index in [4.69, 9.17) is 16.3 Å². The number of aliphatic imine (C=N–C) groups is 1. The lowest BCUT2D eigenvalue weighted by molar-refractivity contribution is 0.152. The topological polar surface area (TPSA) is 57.9 Å². The number of nitrogens with zero attached hydrogens (tertiary/aromatic N) is 5. The van der Waals surface area contributed by atoms with Crippen molar-refractivity contribution < 1.29 is 4.74 Å². The van der Waals surface area contributed by atoms with E-state index in [0.717, 1.165) is 81.2 Å². The standard InChI is InChI=1S/C22H33ClN6O.HI/c1-19-25-10-12-28(19)11-4-3-9-26-22(24-2)29-15-13-27(14-16-29)17-18-30-21-7-5-20(23)6-8-21;/h5-8,10,12H,3-4,9,11,13-18H2,1-2H3,(H,24,26);1H. The van der Waals surface area contributed by atoms with Crippen LogP contribution in [0.4, 0.5) is 0 Å². The van der Waals surface area contributed by atoms with Gasteiger partial charge in [-0.15, -0.1) is 24.0 Å². The number of halogens is 2. The van der Waals surface area contributed by atoms with E-state index in [2.05, 4.69) is 29.7 Å². The first-order valence-corrected chi connectivity index (χ1v) is 11.1. The maximum absolute atomic E-state index is 5.91. The molecule has 0 unspecified atom stereocenters. The van der Waals surface area contributed by atoms with E-state index in [0.29, 0.717) is 6.61 Å². The highest BCUT2D eigenvalue weighted by Crippen LogP contribution is 2.15. The van der Waals surface area contributed by atoms with E-state index in [9.17, 15) is 0 Å². The number of nitrogens with one attached hydrogen (secondary N) is 1. The smallest absolute Gasteiger partial charge is 0.193 e. The van der Waals surface area contributed by atoms with Crippen molar-refractivity contribution in [3.63, 3.8) is 0 Å². The molecule has 1 aromatic heterocycles. The van der Waals surface area contributed by atoms with Crippen molar-refractivity contribution in [2.45, 2.75) is 26.3 Å². The number of aryl methyl sites for hydroxylation is 2. The van der Waals surface area contributed by atoms with Crippen LogP contribution in [-0.4, -0.2) is 78.2 Å². The van der Waals surface area contributed by atoms with Gasteiger partial charge in [-0.2, -0.15) is 0 Å². The van der Waals surface area contributed by atoms with Gasteiger partial charge in [0.2, 0.25) is 0 Å². The zero-order chi connectivity index (χ0) is 21.2. The van der Waals surface area contributed by atoms with Crippen LogP contribution < -0.4 is 10.1 Å². The van der Waals surface area contributed by atoms with Crippen LogP contribution in [0.1, 0.15) is 18.7 Å². The van der Waals surface area contributed by atoms with E-state index in [-0.39, 0.29) is 24.0 Å². The van der Waals surface area contributed by atoms with Crippen molar-refractivity contribution in [1.82, 2.24) is 24.7 Å². The summed E-state index contributed by atoms with van der Waals surface area (Å²) in [5, 5.41) is 4.25. The average Bonchev–Trinajstić information content (AvgIpc) is 3.17. The molecule has 1 aliphatic rings. The quantitative estimate of drug-likeness (QED) is 0.220. The third-order valence-corrected chi connectivity index (χ3v) is 5.66. The first-order valence-electron chi connectivity index (χ1n) is 10.7. The van der Waals surface area contributed by atoms with Crippen molar-refractivity contribution in [2.75, 3.05) is 52.9 Å². The van der Waals surface area contributed by atoms with Crippen molar-refractivity contribution in [1.29, 1.82) is 0 Å². The van der Waals surface area contributed by atoms with Crippen LogP contribution in [-0.2, 0) is 6.54 Å². The van der Waals surface area contributed by atoms with Gasteiger partial charge >= 0.3 is 0 Å².